The normalized spacial score (nSPS) is 8.43. The smallest absolute Gasteiger partial charge is 0.290 e. The monoisotopic (exact) mass is 199 g/mol. The van der Waals surface area contributed by atoms with Crippen molar-refractivity contribution in [1.82, 2.24) is 9.97 Å². The zero-order valence-electron chi connectivity index (χ0n) is 8.01. The lowest BCUT2D eigenvalue weighted by molar-refractivity contribution is -0.122. The summed E-state index contributed by atoms with van der Waals surface area (Å²) >= 11 is 0. The minimum Gasteiger partial charge on any atom is -0.483 e. The second-order valence-electron chi connectivity index (χ2n) is 2.51. The minimum absolute atomic E-state index is 0.203. The van der Waals surface area contributed by atoms with Crippen LogP contribution in [0.5, 0.6) is 0 Å². The first-order valence-electron chi connectivity index (χ1n) is 3.66. The van der Waals surface area contributed by atoms with E-state index >= 15 is 0 Å². The lowest BCUT2D eigenvalue weighted by atomic mass is 10.5. The van der Waals surface area contributed by atoms with Crippen LogP contribution in [0.25, 0.3) is 0 Å². The molecule has 0 spiro atoms. The maximum absolute atomic E-state index is 8.36. The first-order chi connectivity index (χ1) is 6.51. The molecule has 0 amide bonds. The van der Waals surface area contributed by atoms with Gasteiger partial charge in [-0.1, -0.05) is 0 Å². The molecule has 0 radical (unpaired) electrons. The van der Waals surface area contributed by atoms with Gasteiger partial charge in [0, 0.05) is 20.2 Å². The average molecular weight is 199 g/mol. The van der Waals surface area contributed by atoms with Gasteiger partial charge in [0.05, 0.1) is 0 Å². The van der Waals surface area contributed by atoms with Crippen molar-refractivity contribution in [2.75, 3.05) is 30.5 Å². The molecule has 1 rings (SSSR count). The van der Waals surface area contributed by atoms with Crippen molar-refractivity contribution in [2.24, 2.45) is 0 Å². The van der Waals surface area contributed by atoms with Gasteiger partial charge in [-0.2, -0.15) is 9.97 Å². The Bertz CT molecular complexity index is 282. The summed E-state index contributed by atoms with van der Waals surface area (Å²) in [6.45, 7) is -0.250. The van der Waals surface area contributed by atoms with Crippen molar-refractivity contribution < 1.29 is 9.90 Å². The van der Waals surface area contributed by atoms with Gasteiger partial charge in [-0.3, -0.25) is 4.79 Å². The molecule has 0 unspecified atom stereocenters. The average Bonchev–Trinajstić information content (AvgIpc) is 2.03. The van der Waals surface area contributed by atoms with E-state index in [0.717, 1.165) is 5.82 Å². The van der Waals surface area contributed by atoms with Gasteiger partial charge in [0.2, 0.25) is 5.95 Å². The first-order valence-corrected chi connectivity index (χ1v) is 3.66. The van der Waals surface area contributed by atoms with Crippen LogP contribution in [0.4, 0.5) is 17.6 Å². The molecule has 0 saturated carbocycles. The highest BCUT2D eigenvalue weighted by Gasteiger charge is 1.99. The van der Waals surface area contributed by atoms with Crippen LogP contribution in [0.15, 0.2) is 6.07 Å². The zero-order chi connectivity index (χ0) is 11.1. The van der Waals surface area contributed by atoms with Gasteiger partial charge in [-0.05, 0) is 0 Å². The maximum Gasteiger partial charge on any atom is 0.290 e. The molecule has 14 heavy (non-hydrogen) atoms. The van der Waals surface area contributed by atoms with E-state index in [9.17, 15) is 0 Å². The molecule has 0 aliphatic rings. The Morgan fingerprint density at radius 1 is 1.43 bits per heavy atom. The maximum atomic E-state index is 8.36. The van der Waals surface area contributed by atoms with Gasteiger partial charge in [0.25, 0.3) is 6.47 Å². The molecule has 0 aliphatic carbocycles. The lowest BCUT2D eigenvalue weighted by Gasteiger charge is -2.10. The van der Waals surface area contributed by atoms with E-state index in [0.29, 0.717) is 5.82 Å². The molecular weight excluding hydrogens is 186 g/mol. The van der Waals surface area contributed by atoms with Crippen molar-refractivity contribution in [1.29, 1.82) is 0 Å². The van der Waals surface area contributed by atoms with E-state index in [-0.39, 0.29) is 12.4 Å². The van der Waals surface area contributed by atoms with Gasteiger partial charge in [-0.15, -0.1) is 0 Å². The molecule has 1 aromatic heterocycles. The predicted octanol–water partition coefficient (Wildman–Crippen LogP) is -0.592. The summed E-state index contributed by atoms with van der Waals surface area (Å²) in [7, 11) is 3.72. The summed E-state index contributed by atoms with van der Waals surface area (Å²) in [6, 6.07) is 1.66. The standard InChI is InChI=1S/C6H11N5.CH2O2/c1-11(2)5-3-4(7)9-6(8)10-5;2-1-3/h3H,1-2H3,(H4,7,8,9,10);1H,(H,2,3). The van der Waals surface area contributed by atoms with Crippen LogP contribution >= 0.6 is 0 Å². The van der Waals surface area contributed by atoms with Crippen LogP contribution in [0.1, 0.15) is 0 Å². The Hall–Kier alpha value is -2.05. The largest absolute Gasteiger partial charge is 0.483 e. The number of rotatable bonds is 1. The Morgan fingerprint density at radius 3 is 2.29 bits per heavy atom. The Balaban J connectivity index is 0.000000500. The molecule has 5 N–H and O–H groups in total. The van der Waals surface area contributed by atoms with Gasteiger partial charge in [-0.25, -0.2) is 0 Å². The number of hydrogen-bond acceptors (Lipinski definition) is 6. The summed E-state index contributed by atoms with van der Waals surface area (Å²) in [6.07, 6.45) is 0. The van der Waals surface area contributed by atoms with E-state index in [1.807, 2.05) is 19.0 Å². The summed E-state index contributed by atoms with van der Waals surface area (Å²) in [4.78, 5) is 17.9. The van der Waals surface area contributed by atoms with Crippen LogP contribution in [-0.4, -0.2) is 35.6 Å². The summed E-state index contributed by atoms with van der Waals surface area (Å²) in [5.41, 5.74) is 10.8. The van der Waals surface area contributed by atoms with Crippen molar-refractivity contribution >= 4 is 24.1 Å². The zero-order valence-corrected chi connectivity index (χ0v) is 8.01. The quantitative estimate of drug-likeness (QED) is 0.517. The number of nitrogens with two attached hydrogens (primary N) is 2. The Labute approximate surface area is 81.4 Å². The van der Waals surface area contributed by atoms with Crippen molar-refractivity contribution in [2.45, 2.75) is 0 Å². The highest BCUT2D eigenvalue weighted by Crippen LogP contribution is 2.11. The third-order valence-corrected chi connectivity index (χ3v) is 1.21. The SMILES string of the molecule is CN(C)c1cc(N)nc(N)n1.O=CO. The van der Waals surface area contributed by atoms with Crippen molar-refractivity contribution in [3.05, 3.63) is 6.07 Å². The van der Waals surface area contributed by atoms with Gasteiger partial charge in [0.1, 0.15) is 11.6 Å². The summed E-state index contributed by atoms with van der Waals surface area (Å²) < 4.78 is 0. The fourth-order valence-electron chi connectivity index (χ4n) is 0.701. The second kappa shape index (κ2) is 5.57. The molecule has 0 bridgehead atoms. The fraction of sp³-hybridized carbons (Fsp3) is 0.286. The number of aromatic nitrogens is 2. The number of nitrogens with zero attached hydrogens (tertiary/aromatic N) is 3. The lowest BCUT2D eigenvalue weighted by Crippen LogP contribution is -2.13. The molecule has 0 atom stereocenters. The fourth-order valence-corrected chi connectivity index (χ4v) is 0.701. The predicted molar refractivity (Wildman–Crippen MR) is 53.9 cm³/mol. The summed E-state index contributed by atoms with van der Waals surface area (Å²) in [5.74, 6) is 1.31. The molecule has 78 valence electrons. The van der Waals surface area contributed by atoms with Crippen molar-refractivity contribution in [3.63, 3.8) is 0 Å². The number of anilines is 3. The molecule has 0 aromatic carbocycles. The molecule has 0 fully saturated rings. The highest BCUT2D eigenvalue weighted by molar-refractivity contribution is 5.49. The van der Waals surface area contributed by atoms with E-state index in [1.54, 1.807) is 6.07 Å². The first kappa shape index (κ1) is 11.9. The number of hydrogen-bond donors (Lipinski definition) is 3. The number of carbonyl (C=O) groups is 1. The highest BCUT2D eigenvalue weighted by atomic mass is 16.3. The topological polar surface area (TPSA) is 118 Å². The molecular formula is C7H13N5O2. The number of nitrogen functional groups attached to an aromatic ring is 2. The van der Waals surface area contributed by atoms with E-state index in [4.69, 9.17) is 21.4 Å². The summed E-state index contributed by atoms with van der Waals surface area (Å²) in [5, 5.41) is 6.89. The molecule has 1 heterocycles. The third kappa shape index (κ3) is 4.10. The van der Waals surface area contributed by atoms with Crippen LogP contribution in [-0.2, 0) is 4.79 Å². The Kier molecular flexibility index (Phi) is 4.76. The molecule has 0 aliphatic heterocycles. The van der Waals surface area contributed by atoms with Gasteiger partial charge >= 0.3 is 0 Å². The second-order valence-corrected chi connectivity index (χ2v) is 2.51. The van der Waals surface area contributed by atoms with Crippen LogP contribution in [0, 0.1) is 0 Å². The molecule has 7 heteroatoms. The molecule has 1 aromatic rings. The third-order valence-electron chi connectivity index (χ3n) is 1.21. The van der Waals surface area contributed by atoms with Crippen LogP contribution in [0.2, 0.25) is 0 Å². The molecule has 0 saturated heterocycles. The van der Waals surface area contributed by atoms with Crippen molar-refractivity contribution in [3.8, 4) is 0 Å². The van der Waals surface area contributed by atoms with E-state index in [2.05, 4.69) is 9.97 Å². The van der Waals surface area contributed by atoms with E-state index in [1.165, 1.54) is 0 Å². The van der Waals surface area contributed by atoms with E-state index < -0.39 is 0 Å². The number of carboxylic acid groups (broad SMARTS) is 1. The van der Waals surface area contributed by atoms with Gasteiger partial charge in [0.15, 0.2) is 0 Å². The van der Waals surface area contributed by atoms with Crippen LogP contribution in [0.3, 0.4) is 0 Å². The minimum atomic E-state index is -0.250. The Morgan fingerprint density at radius 2 is 1.93 bits per heavy atom. The molecule has 7 nitrogen and oxygen atoms in total. The van der Waals surface area contributed by atoms with Crippen LogP contribution < -0.4 is 16.4 Å². The van der Waals surface area contributed by atoms with Gasteiger partial charge < -0.3 is 21.5 Å².